The SMILES string of the molecule is Cc1ccc(C)c(N2CCNC(C3CCC4CCC3(COCCC(C)N3CCNCC3)N4)C2)c1. The van der Waals surface area contributed by atoms with E-state index in [4.69, 9.17) is 4.74 Å². The highest BCUT2D eigenvalue weighted by atomic mass is 16.5. The Bertz CT molecular complexity index is 812. The second-order valence-corrected chi connectivity index (χ2v) is 11.5. The topological polar surface area (TPSA) is 51.8 Å². The second-order valence-electron chi connectivity index (χ2n) is 11.5. The fourth-order valence-corrected chi connectivity index (χ4v) is 7.10. The maximum absolute atomic E-state index is 6.48. The predicted octanol–water partition coefficient (Wildman–Crippen LogP) is 2.68. The fraction of sp³-hybridized carbons (Fsp3) is 0.786. The van der Waals surface area contributed by atoms with E-state index in [0.29, 0.717) is 24.0 Å². The van der Waals surface area contributed by atoms with Crippen molar-refractivity contribution in [2.45, 2.75) is 76.5 Å². The van der Waals surface area contributed by atoms with Gasteiger partial charge in [0.25, 0.3) is 0 Å². The molecule has 4 aliphatic rings. The normalized spacial score (nSPS) is 33.3. The highest BCUT2D eigenvalue weighted by Crippen LogP contribution is 2.42. The van der Waals surface area contributed by atoms with Gasteiger partial charge in [0.05, 0.1) is 6.61 Å². The summed E-state index contributed by atoms with van der Waals surface area (Å²) in [6.07, 6.45) is 6.33. The monoisotopic (exact) mass is 469 g/mol. The number of piperazine rings is 2. The minimum Gasteiger partial charge on any atom is -0.379 e. The molecule has 0 radical (unpaired) electrons. The molecule has 190 valence electrons. The summed E-state index contributed by atoms with van der Waals surface area (Å²) in [5.41, 5.74) is 4.31. The molecular formula is C28H47N5O. The zero-order valence-electron chi connectivity index (χ0n) is 21.7. The first-order valence-corrected chi connectivity index (χ1v) is 13.9. The Kier molecular flexibility index (Phi) is 7.81. The van der Waals surface area contributed by atoms with Crippen LogP contribution in [-0.2, 0) is 4.74 Å². The Balaban J connectivity index is 1.20. The Morgan fingerprint density at radius 3 is 2.79 bits per heavy atom. The average Bonchev–Trinajstić information content (AvgIpc) is 3.20. The van der Waals surface area contributed by atoms with Gasteiger partial charge in [0.1, 0.15) is 0 Å². The van der Waals surface area contributed by atoms with Gasteiger partial charge in [-0.2, -0.15) is 0 Å². The molecule has 34 heavy (non-hydrogen) atoms. The van der Waals surface area contributed by atoms with Crippen molar-refractivity contribution in [2.75, 3.05) is 63.9 Å². The van der Waals surface area contributed by atoms with Crippen molar-refractivity contribution in [1.29, 1.82) is 0 Å². The van der Waals surface area contributed by atoms with Crippen LogP contribution in [-0.4, -0.2) is 87.6 Å². The lowest BCUT2D eigenvalue weighted by Gasteiger charge is -2.49. The summed E-state index contributed by atoms with van der Waals surface area (Å²) in [4.78, 5) is 5.24. The number of hydrogen-bond acceptors (Lipinski definition) is 6. The minimum absolute atomic E-state index is 0.142. The standard InChI is InChI=1S/C28H47N5O/c1-21-4-5-22(2)27(18-21)33-16-13-30-26(19-33)25-7-6-24-8-10-28(25,31-24)20-34-17-9-23(3)32-14-11-29-12-15-32/h4-5,18,23-26,29-31H,6-17,19-20H2,1-3H3. The molecule has 1 aromatic rings. The molecule has 0 spiro atoms. The van der Waals surface area contributed by atoms with E-state index < -0.39 is 0 Å². The van der Waals surface area contributed by atoms with Crippen LogP contribution in [0.1, 0.15) is 50.2 Å². The molecule has 1 aromatic carbocycles. The molecule has 5 atom stereocenters. The lowest BCUT2D eigenvalue weighted by Crippen LogP contribution is -2.65. The van der Waals surface area contributed by atoms with Gasteiger partial charge in [0.15, 0.2) is 0 Å². The molecule has 3 N–H and O–H groups in total. The van der Waals surface area contributed by atoms with Gasteiger partial charge in [-0.05, 0) is 76.0 Å². The number of aryl methyl sites for hydroxylation is 2. The van der Waals surface area contributed by atoms with Gasteiger partial charge in [-0.3, -0.25) is 4.90 Å². The van der Waals surface area contributed by atoms with E-state index in [1.165, 1.54) is 55.6 Å². The number of nitrogens with zero attached hydrogens (tertiary/aromatic N) is 2. The first kappa shape index (κ1) is 24.5. The Hall–Kier alpha value is -1.18. The van der Waals surface area contributed by atoms with Crippen LogP contribution in [0.5, 0.6) is 0 Å². The average molecular weight is 470 g/mol. The first-order valence-electron chi connectivity index (χ1n) is 13.9. The van der Waals surface area contributed by atoms with Crippen LogP contribution in [0, 0.1) is 19.8 Å². The summed E-state index contributed by atoms with van der Waals surface area (Å²) < 4.78 is 6.48. The summed E-state index contributed by atoms with van der Waals surface area (Å²) in [7, 11) is 0. The van der Waals surface area contributed by atoms with Gasteiger partial charge in [-0.25, -0.2) is 0 Å². The fourth-order valence-electron chi connectivity index (χ4n) is 7.10. The Labute approximate surface area is 207 Å². The second kappa shape index (κ2) is 10.8. The number of hydrogen-bond donors (Lipinski definition) is 3. The van der Waals surface area contributed by atoms with Crippen molar-refractivity contribution in [1.82, 2.24) is 20.9 Å². The smallest absolute Gasteiger partial charge is 0.0651 e. The van der Waals surface area contributed by atoms with Gasteiger partial charge in [-0.1, -0.05) is 12.1 Å². The van der Waals surface area contributed by atoms with Crippen LogP contribution >= 0.6 is 0 Å². The first-order chi connectivity index (χ1) is 16.5. The van der Waals surface area contributed by atoms with Crippen LogP contribution in [0.2, 0.25) is 0 Å². The van der Waals surface area contributed by atoms with Crippen LogP contribution in [0.25, 0.3) is 0 Å². The van der Waals surface area contributed by atoms with E-state index in [0.717, 1.165) is 52.4 Å². The van der Waals surface area contributed by atoms with E-state index in [-0.39, 0.29) is 5.54 Å². The number of nitrogens with one attached hydrogen (secondary N) is 3. The number of benzene rings is 1. The number of rotatable bonds is 8. The van der Waals surface area contributed by atoms with Crippen molar-refractivity contribution in [3.63, 3.8) is 0 Å². The van der Waals surface area contributed by atoms with E-state index in [2.05, 4.69) is 64.7 Å². The summed E-state index contributed by atoms with van der Waals surface area (Å²) in [5.74, 6) is 0.629. The molecule has 6 nitrogen and oxygen atoms in total. The zero-order valence-corrected chi connectivity index (χ0v) is 21.7. The van der Waals surface area contributed by atoms with Crippen molar-refractivity contribution < 1.29 is 4.74 Å². The van der Waals surface area contributed by atoms with Crippen LogP contribution < -0.4 is 20.9 Å². The van der Waals surface area contributed by atoms with E-state index in [9.17, 15) is 0 Å². The van der Waals surface area contributed by atoms with Gasteiger partial charge >= 0.3 is 0 Å². The molecule has 5 rings (SSSR count). The van der Waals surface area contributed by atoms with E-state index in [1.807, 2.05) is 0 Å². The van der Waals surface area contributed by atoms with E-state index >= 15 is 0 Å². The largest absolute Gasteiger partial charge is 0.379 e. The lowest BCUT2D eigenvalue weighted by atomic mass is 9.74. The molecule has 2 bridgehead atoms. The highest BCUT2D eigenvalue weighted by molar-refractivity contribution is 5.55. The zero-order chi connectivity index (χ0) is 23.5. The molecule has 6 heteroatoms. The van der Waals surface area contributed by atoms with Crippen molar-refractivity contribution in [3.8, 4) is 0 Å². The predicted molar refractivity (Wildman–Crippen MR) is 141 cm³/mol. The Morgan fingerprint density at radius 1 is 1.09 bits per heavy atom. The lowest BCUT2D eigenvalue weighted by molar-refractivity contribution is 0.0104. The van der Waals surface area contributed by atoms with E-state index in [1.54, 1.807) is 0 Å². The van der Waals surface area contributed by atoms with Crippen molar-refractivity contribution in [2.24, 2.45) is 5.92 Å². The molecule has 0 amide bonds. The van der Waals surface area contributed by atoms with Gasteiger partial charge in [-0.15, -0.1) is 0 Å². The Morgan fingerprint density at radius 2 is 1.94 bits per heavy atom. The summed E-state index contributed by atoms with van der Waals surface area (Å²) in [6, 6.07) is 8.71. The summed E-state index contributed by atoms with van der Waals surface area (Å²) in [5, 5.41) is 11.5. The quantitative estimate of drug-likeness (QED) is 0.509. The number of anilines is 1. The molecular weight excluding hydrogens is 422 g/mol. The number of piperidine rings is 1. The van der Waals surface area contributed by atoms with Crippen LogP contribution in [0.15, 0.2) is 18.2 Å². The minimum atomic E-state index is 0.142. The third-order valence-corrected chi connectivity index (χ3v) is 9.18. The highest BCUT2D eigenvalue weighted by Gasteiger charge is 2.51. The van der Waals surface area contributed by atoms with Crippen LogP contribution in [0.3, 0.4) is 0 Å². The molecule has 0 aliphatic carbocycles. The third kappa shape index (κ3) is 5.31. The number of fused-ring (bicyclic) bond motifs is 2. The maximum atomic E-state index is 6.48. The molecule has 5 unspecified atom stereocenters. The number of ether oxygens (including phenoxy) is 1. The molecule has 4 saturated heterocycles. The molecule has 4 fully saturated rings. The summed E-state index contributed by atoms with van der Waals surface area (Å²) >= 11 is 0. The van der Waals surface area contributed by atoms with Crippen molar-refractivity contribution >= 4 is 5.69 Å². The van der Waals surface area contributed by atoms with Gasteiger partial charge < -0.3 is 25.6 Å². The maximum Gasteiger partial charge on any atom is 0.0651 e. The third-order valence-electron chi connectivity index (χ3n) is 9.18. The summed E-state index contributed by atoms with van der Waals surface area (Å²) in [6.45, 7) is 16.4. The van der Waals surface area contributed by atoms with Crippen molar-refractivity contribution in [3.05, 3.63) is 29.3 Å². The molecule has 0 aromatic heterocycles. The van der Waals surface area contributed by atoms with Gasteiger partial charge in [0, 0.05) is 81.8 Å². The molecule has 0 saturated carbocycles. The molecule has 4 heterocycles. The molecule has 4 aliphatic heterocycles. The van der Waals surface area contributed by atoms with Crippen LogP contribution in [0.4, 0.5) is 5.69 Å². The van der Waals surface area contributed by atoms with Gasteiger partial charge in [0.2, 0.25) is 0 Å².